The van der Waals surface area contributed by atoms with E-state index in [-0.39, 0.29) is 12.1 Å². The van der Waals surface area contributed by atoms with Crippen LogP contribution in [0.25, 0.3) is 0 Å². The average molecular weight is 510 g/mol. The van der Waals surface area contributed by atoms with E-state index < -0.39 is 12.1 Å². The van der Waals surface area contributed by atoms with Crippen LogP contribution in [0, 0.1) is 0 Å². The SMILES string of the molecule is CC(C=CC(C)=C[C@@H]1Cc2ncc([nH]2)CCCCC(=O)O[C@@H](C)CC(C)=CC=CC(=O)O1)=CCN(C)C. The zero-order valence-corrected chi connectivity index (χ0v) is 23.3. The molecule has 0 saturated heterocycles. The molecular formula is C30H43N3O4. The van der Waals surface area contributed by atoms with Crippen molar-refractivity contribution in [3.8, 4) is 0 Å². The lowest BCUT2D eigenvalue weighted by Gasteiger charge is -2.13. The third kappa shape index (κ3) is 13.1. The zero-order chi connectivity index (χ0) is 27.2. The second-order valence-electron chi connectivity index (χ2n) is 10.1. The monoisotopic (exact) mass is 509 g/mol. The van der Waals surface area contributed by atoms with Gasteiger partial charge in [0.05, 0.1) is 0 Å². The Kier molecular flexibility index (Phi) is 12.8. The molecule has 0 saturated carbocycles. The molecule has 0 fully saturated rings. The number of aryl methyl sites for hydroxylation is 1. The molecule has 202 valence electrons. The number of likely N-dealkylation sites (N-methyl/N-ethyl adjacent to an activating group) is 1. The number of allylic oxidation sites excluding steroid dienone is 6. The smallest absolute Gasteiger partial charge is 0.331 e. The molecule has 0 aliphatic carbocycles. The molecule has 0 amide bonds. The third-order valence-corrected chi connectivity index (χ3v) is 5.81. The minimum Gasteiger partial charge on any atom is -0.462 e. The number of carbonyl (C=O) groups is 2. The molecule has 0 aromatic carbocycles. The molecule has 0 spiro atoms. The summed E-state index contributed by atoms with van der Waals surface area (Å²) in [4.78, 5) is 34.7. The van der Waals surface area contributed by atoms with Crippen molar-refractivity contribution < 1.29 is 19.1 Å². The first-order chi connectivity index (χ1) is 17.6. The van der Waals surface area contributed by atoms with Crippen molar-refractivity contribution in [1.29, 1.82) is 0 Å². The van der Waals surface area contributed by atoms with E-state index in [1.54, 1.807) is 6.08 Å². The normalized spacial score (nSPS) is 21.8. The molecule has 2 bridgehead atoms. The van der Waals surface area contributed by atoms with Crippen LogP contribution in [0.15, 0.2) is 65.4 Å². The van der Waals surface area contributed by atoms with Crippen LogP contribution in [0.5, 0.6) is 0 Å². The fourth-order valence-corrected chi connectivity index (χ4v) is 3.88. The number of rotatable bonds is 5. The van der Waals surface area contributed by atoms with E-state index in [0.29, 0.717) is 19.3 Å². The van der Waals surface area contributed by atoms with Crippen LogP contribution in [0.3, 0.4) is 0 Å². The van der Waals surface area contributed by atoms with Crippen molar-refractivity contribution in [2.45, 2.75) is 78.4 Å². The number of nitrogens with one attached hydrogen (secondary N) is 1. The maximum atomic E-state index is 12.6. The highest BCUT2D eigenvalue weighted by Crippen LogP contribution is 2.14. The predicted molar refractivity (Wildman–Crippen MR) is 148 cm³/mol. The number of ether oxygens (including phenoxy) is 2. The van der Waals surface area contributed by atoms with Crippen molar-refractivity contribution in [2.24, 2.45) is 0 Å². The minimum absolute atomic E-state index is 0.176. The van der Waals surface area contributed by atoms with Crippen LogP contribution in [0.4, 0.5) is 0 Å². The van der Waals surface area contributed by atoms with Crippen molar-refractivity contribution in [3.63, 3.8) is 0 Å². The first-order valence-corrected chi connectivity index (χ1v) is 13.1. The number of hydrogen-bond acceptors (Lipinski definition) is 6. The molecule has 2 rings (SSSR count). The summed E-state index contributed by atoms with van der Waals surface area (Å²) in [6.45, 7) is 8.78. The third-order valence-electron chi connectivity index (χ3n) is 5.81. The van der Waals surface area contributed by atoms with Gasteiger partial charge in [-0.1, -0.05) is 47.1 Å². The molecule has 7 nitrogen and oxygen atoms in total. The summed E-state index contributed by atoms with van der Waals surface area (Å²) in [5.41, 5.74) is 4.18. The summed E-state index contributed by atoms with van der Waals surface area (Å²) in [5.74, 6) is 0.159. The zero-order valence-electron chi connectivity index (χ0n) is 23.3. The standard InChI is InChI=1S/C30H43N3O4/c1-22(16-17-33(5)6)14-15-24(3)19-27-20-28-31-21-26(32-28)11-7-8-12-29(34)36-25(4)18-23(2)10-9-13-30(35)37-27/h9-10,13-16,19,21,25,27H,7-8,11-12,17-18,20H2,1-6H3,(H,31,32)/t25-,27+/m0/s1. The Bertz CT molecular complexity index is 1040. The van der Waals surface area contributed by atoms with Gasteiger partial charge >= 0.3 is 11.9 Å². The average Bonchev–Trinajstić information content (AvgIpc) is 3.25. The van der Waals surface area contributed by atoms with Crippen molar-refractivity contribution in [1.82, 2.24) is 14.9 Å². The number of carbonyl (C=O) groups excluding carboxylic acids is 2. The number of esters is 2. The molecule has 1 aliphatic rings. The van der Waals surface area contributed by atoms with Gasteiger partial charge in [-0.25, -0.2) is 9.78 Å². The van der Waals surface area contributed by atoms with Crippen molar-refractivity contribution in [3.05, 3.63) is 77.0 Å². The van der Waals surface area contributed by atoms with Crippen molar-refractivity contribution in [2.75, 3.05) is 20.6 Å². The van der Waals surface area contributed by atoms with Gasteiger partial charge in [0.15, 0.2) is 0 Å². The van der Waals surface area contributed by atoms with E-state index in [9.17, 15) is 9.59 Å². The van der Waals surface area contributed by atoms with Gasteiger partial charge in [0.1, 0.15) is 18.0 Å². The predicted octanol–water partition coefficient (Wildman–Crippen LogP) is 5.43. The summed E-state index contributed by atoms with van der Waals surface area (Å²) in [6.07, 6.45) is 18.2. The number of H-pyrrole nitrogens is 1. The number of imidazole rings is 1. The number of aromatic amines is 1. The molecule has 37 heavy (non-hydrogen) atoms. The van der Waals surface area contributed by atoms with Crippen LogP contribution in [0.2, 0.25) is 0 Å². The van der Waals surface area contributed by atoms with E-state index in [1.165, 1.54) is 11.6 Å². The Labute approximate surface area is 222 Å². The lowest BCUT2D eigenvalue weighted by atomic mass is 10.1. The van der Waals surface area contributed by atoms with Crippen LogP contribution in [0.1, 0.15) is 64.9 Å². The van der Waals surface area contributed by atoms with E-state index in [2.05, 4.69) is 33.9 Å². The Morgan fingerprint density at radius 1 is 1.11 bits per heavy atom. The van der Waals surface area contributed by atoms with Gasteiger partial charge in [-0.05, 0) is 67.1 Å². The van der Waals surface area contributed by atoms with Gasteiger partial charge in [0.25, 0.3) is 0 Å². The molecule has 0 unspecified atom stereocenters. The Balaban J connectivity index is 2.21. The highest BCUT2D eigenvalue weighted by molar-refractivity contribution is 5.82. The maximum absolute atomic E-state index is 12.6. The Hall–Kier alpha value is -3.19. The van der Waals surface area contributed by atoms with Gasteiger partial charge in [0, 0.05) is 43.8 Å². The van der Waals surface area contributed by atoms with Crippen LogP contribution in [-0.2, 0) is 31.9 Å². The summed E-state index contributed by atoms with van der Waals surface area (Å²) >= 11 is 0. The number of cyclic esters (lactones) is 2. The van der Waals surface area contributed by atoms with E-state index in [4.69, 9.17) is 9.47 Å². The summed E-state index contributed by atoms with van der Waals surface area (Å²) in [7, 11) is 4.07. The second kappa shape index (κ2) is 15.8. The van der Waals surface area contributed by atoms with E-state index in [1.807, 2.05) is 59.3 Å². The highest BCUT2D eigenvalue weighted by Gasteiger charge is 2.15. The molecule has 0 radical (unpaired) electrons. The number of nitrogens with zero attached hydrogens (tertiary/aromatic N) is 2. The van der Waals surface area contributed by atoms with Crippen LogP contribution >= 0.6 is 0 Å². The molecule has 7 heteroatoms. The van der Waals surface area contributed by atoms with Gasteiger partial charge in [-0.2, -0.15) is 0 Å². The van der Waals surface area contributed by atoms with E-state index >= 15 is 0 Å². The van der Waals surface area contributed by atoms with Gasteiger partial charge in [-0.3, -0.25) is 4.79 Å². The molecule has 2 heterocycles. The molecular weight excluding hydrogens is 466 g/mol. The van der Waals surface area contributed by atoms with Gasteiger partial charge in [0.2, 0.25) is 0 Å². The fraction of sp³-hybridized carbons (Fsp3) is 0.500. The Morgan fingerprint density at radius 2 is 1.84 bits per heavy atom. The second-order valence-corrected chi connectivity index (χ2v) is 10.1. The van der Waals surface area contributed by atoms with Gasteiger partial charge < -0.3 is 19.4 Å². The molecule has 1 aromatic heterocycles. The minimum atomic E-state index is -0.468. The maximum Gasteiger partial charge on any atom is 0.331 e. The fourth-order valence-electron chi connectivity index (χ4n) is 3.88. The van der Waals surface area contributed by atoms with E-state index in [0.717, 1.165) is 48.5 Å². The molecule has 1 aliphatic heterocycles. The summed E-state index contributed by atoms with van der Waals surface area (Å²) in [6, 6.07) is 0. The summed E-state index contributed by atoms with van der Waals surface area (Å²) < 4.78 is 11.3. The van der Waals surface area contributed by atoms with Gasteiger partial charge in [-0.15, -0.1) is 0 Å². The molecule has 2 atom stereocenters. The largest absolute Gasteiger partial charge is 0.462 e. The quantitative estimate of drug-likeness (QED) is 0.421. The molecule has 1 N–H and O–H groups in total. The first-order valence-electron chi connectivity index (χ1n) is 13.1. The van der Waals surface area contributed by atoms with Crippen molar-refractivity contribution >= 4 is 11.9 Å². The lowest BCUT2D eigenvalue weighted by Crippen LogP contribution is -2.18. The lowest BCUT2D eigenvalue weighted by molar-refractivity contribution is -0.148. The number of fused-ring (bicyclic) bond motifs is 2. The number of aromatic nitrogens is 2. The van der Waals surface area contributed by atoms with Crippen LogP contribution < -0.4 is 0 Å². The topological polar surface area (TPSA) is 84.5 Å². The highest BCUT2D eigenvalue weighted by atomic mass is 16.5. The summed E-state index contributed by atoms with van der Waals surface area (Å²) in [5, 5.41) is 0. The Morgan fingerprint density at radius 3 is 2.59 bits per heavy atom. The number of hydrogen-bond donors (Lipinski definition) is 1. The molecule has 1 aromatic rings. The first kappa shape index (κ1) is 30.0. The van der Waals surface area contributed by atoms with Crippen LogP contribution in [-0.4, -0.2) is 59.7 Å².